The highest BCUT2D eigenvalue weighted by molar-refractivity contribution is 7.13. The van der Waals surface area contributed by atoms with Gasteiger partial charge in [0, 0.05) is 41.0 Å². The first-order valence-electron chi connectivity index (χ1n) is 10.5. The van der Waals surface area contributed by atoms with Crippen molar-refractivity contribution in [3.05, 3.63) is 57.5 Å². The third-order valence-corrected chi connectivity index (χ3v) is 6.97. The smallest absolute Gasteiger partial charge is 0.218 e. The molecule has 0 aliphatic heterocycles. The Morgan fingerprint density at radius 3 is 2.84 bits per heavy atom. The molecule has 8 nitrogen and oxygen atoms in total. The van der Waals surface area contributed by atoms with Crippen LogP contribution in [-0.2, 0) is 6.54 Å². The Balaban J connectivity index is 1.11. The average Bonchev–Trinajstić information content (AvgIpc) is 3.15. The van der Waals surface area contributed by atoms with Crippen molar-refractivity contribution in [1.82, 2.24) is 30.1 Å². The Kier molecular flexibility index (Phi) is 6.04. The lowest BCUT2D eigenvalue weighted by atomic mass is 10.1. The Hall–Kier alpha value is -2.98. The van der Waals surface area contributed by atoms with Gasteiger partial charge in [-0.05, 0) is 44.7 Å². The number of hydrogen-bond acceptors (Lipinski definition) is 10. The summed E-state index contributed by atoms with van der Waals surface area (Å²) in [6.07, 6.45) is 5.89. The molecule has 1 N–H and O–H groups in total. The van der Waals surface area contributed by atoms with Gasteiger partial charge in [0.2, 0.25) is 5.88 Å². The fourth-order valence-corrected chi connectivity index (χ4v) is 4.92. The van der Waals surface area contributed by atoms with Gasteiger partial charge in [0.1, 0.15) is 26.7 Å². The van der Waals surface area contributed by atoms with E-state index in [0.717, 1.165) is 44.9 Å². The summed E-state index contributed by atoms with van der Waals surface area (Å²) in [6, 6.07) is 6.09. The van der Waals surface area contributed by atoms with Crippen LogP contribution in [0.5, 0.6) is 5.88 Å². The quantitative estimate of drug-likeness (QED) is 0.381. The lowest BCUT2D eigenvalue weighted by molar-refractivity contribution is 0.289. The van der Waals surface area contributed by atoms with Crippen LogP contribution in [0.2, 0.25) is 0 Å². The van der Waals surface area contributed by atoms with Gasteiger partial charge in [-0.1, -0.05) is 11.3 Å². The Bertz CT molecular complexity index is 1180. The maximum Gasteiger partial charge on any atom is 0.218 e. The zero-order valence-electron chi connectivity index (χ0n) is 17.9. The summed E-state index contributed by atoms with van der Waals surface area (Å²) in [5.74, 6) is 3.12. The van der Waals surface area contributed by atoms with E-state index in [1.54, 1.807) is 22.7 Å². The van der Waals surface area contributed by atoms with Crippen LogP contribution >= 0.6 is 22.7 Å². The van der Waals surface area contributed by atoms with Gasteiger partial charge < -0.3 is 10.1 Å². The fraction of sp³-hybridized carbons (Fsp3) is 0.364. The maximum atomic E-state index is 5.94. The fourth-order valence-electron chi connectivity index (χ4n) is 3.64. The minimum atomic E-state index is 0.517. The van der Waals surface area contributed by atoms with E-state index in [-0.39, 0.29) is 0 Å². The first-order chi connectivity index (χ1) is 15.6. The number of thiazole rings is 1. The van der Waals surface area contributed by atoms with Crippen LogP contribution in [0.15, 0.2) is 36.0 Å². The molecule has 2 atom stereocenters. The van der Waals surface area contributed by atoms with Crippen LogP contribution in [0.1, 0.15) is 40.3 Å². The van der Waals surface area contributed by atoms with Gasteiger partial charge in [0.15, 0.2) is 0 Å². The number of pyridine rings is 1. The number of aryl methyl sites for hydroxylation is 2. The molecule has 4 heterocycles. The van der Waals surface area contributed by atoms with E-state index in [0.29, 0.717) is 36.7 Å². The molecule has 5 rings (SSSR count). The first kappa shape index (κ1) is 20.9. The summed E-state index contributed by atoms with van der Waals surface area (Å²) >= 11 is 3.20. The van der Waals surface area contributed by atoms with Gasteiger partial charge in [-0.25, -0.2) is 9.97 Å². The molecule has 4 aromatic rings. The van der Waals surface area contributed by atoms with Crippen LogP contribution in [0, 0.1) is 19.8 Å². The van der Waals surface area contributed by atoms with Gasteiger partial charge in [-0.2, -0.15) is 4.98 Å². The Morgan fingerprint density at radius 2 is 2.09 bits per heavy atom. The van der Waals surface area contributed by atoms with E-state index >= 15 is 0 Å². The number of ether oxygens (including phenoxy) is 1. The van der Waals surface area contributed by atoms with E-state index in [1.807, 2.05) is 37.7 Å². The molecule has 0 saturated heterocycles. The van der Waals surface area contributed by atoms with Crippen LogP contribution in [0.3, 0.4) is 0 Å². The number of aromatic nitrogens is 6. The normalized spacial score (nSPS) is 17.3. The Labute approximate surface area is 194 Å². The topological polar surface area (TPSA) is 98.6 Å². The molecule has 1 saturated carbocycles. The third-order valence-electron chi connectivity index (χ3n) is 5.31. The predicted molar refractivity (Wildman–Crippen MR) is 125 cm³/mol. The first-order valence-corrected chi connectivity index (χ1v) is 12.2. The van der Waals surface area contributed by atoms with Crippen LogP contribution in [0.25, 0.3) is 10.6 Å². The van der Waals surface area contributed by atoms with Crippen molar-refractivity contribution in [1.29, 1.82) is 0 Å². The zero-order valence-corrected chi connectivity index (χ0v) is 19.5. The molecule has 1 aliphatic rings. The molecule has 0 radical (unpaired) electrons. The van der Waals surface area contributed by atoms with Crippen molar-refractivity contribution in [2.75, 3.05) is 11.9 Å². The van der Waals surface area contributed by atoms with Crippen LogP contribution in [-0.4, -0.2) is 36.7 Å². The summed E-state index contributed by atoms with van der Waals surface area (Å²) in [7, 11) is 0. The zero-order chi connectivity index (χ0) is 21.9. The predicted octanol–water partition coefficient (Wildman–Crippen LogP) is 4.65. The molecule has 0 bridgehead atoms. The van der Waals surface area contributed by atoms with E-state index < -0.39 is 0 Å². The summed E-state index contributed by atoms with van der Waals surface area (Å²) < 4.78 is 5.94. The second-order valence-corrected chi connectivity index (χ2v) is 9.92. The number of rotatable bonds is 9. The molecule has 4 aromatic heterocycles. The van der Waals surface area contributed by atoms with Crippen molar-refractivity contribution in [3.63, 3.8) is 0 Å². The lowest BCUT2D eigenvalue weighted by Crippen LogP contribution is -2.06. The molecule has 1 aliphatic carbocycles. The van der Waals surface area contributed by atoms with Crippen molar-refractivity contribution >= 4 is 28.5 Å². The molecule has 0 aromatic carbocycles. The van der Waals surface area contributed by atoms with Crippen LogP contribution in [0.4, 0.5) is 5.82 Å². The average molecular weight is 466 g/mol. The minimum Gasteiger partial charge on any atom is -0.478 e. The number of nitrogens with zero attached hydrogens (tertiary/aromatic N) is 6. The largest absolute Gasteiger partial charge is 0.478 e. The van der Waals surface area contributed by atoms with Gasteiger partial charge in [-0.15, -0.1) is 21.5 Å². The van der Waals surface area contributed by atoms with Crippen molar-refractivity contribution in [3.8, 4) is 16.5 Å². The summed E-state index contributed by atoms with van der Waals surface area (Å²) in [5.41, 5.74) is 2.24. The van der Waals surface area contributed by atoms with E-state index in [4.69, 9.17) is 4.74 Å². The van der Waals surface area contributed by atoms with E-state index in [1.165, 1.54) is 0 Å². The van der Waals surface area contributed by atoms with Gasteiger partial charge in [0.25, 0.3) is 0 Å². The van der Waals surface area contributed by atoms with Crippen molar-refractivity contribution in [2.45, 2.75) is 39.2 Å². The second kappa shape index (κ2) is 9.25. The maximum absolute atomic E-state index is 5.94. The SMILES string of the molecule is Cc1nc(NCc2nnc(C)s2)cc(OCC[C@H]2C[C@@H]2c2ccc(-c3nccs3)cn2)n1. The molecule has 0 spiro atoms. The summed E-state index contributed by atoms with van der Waals surface area (Å²) in [5, 5.41) is 16.3. The number of anilines is 1. The minimum absolute atomic E-state index is 0.517. The highest BCUT2D eigenvalue weighted by atomic mass is 32.1. The van der Waals surface area contributed by atoms with E-state index in [9.17, 15) is 0 Å². The second-order valence-electron chi connectivity index (χ2n) is 7.76. The standard InChI is InChI=1S/C22H23N7OS2/c1-13-26-19(25-12-21-29-28-14(2)32-21)10-20(27-13)30-7-5-15-9-17(15)18-4-3-16(11-24-18)22-23-6-8-31-22/h3-4,6,8,10-11,15,17H,5,7,9,12H2,1-2H3,(H,25,26,27)/t15-,17-/m0/s1. The molecule has 32 heavy (non-hydrogen) atoms. The highest BCUT2D eigenvalue weighted by Crippen LogP contribution is 2.48. The monoisotopic (exact) mass is 465 g/mol. The van der Waals surface area contributed by atoms with Gasteiger partial charge >= 0.3 is 0 Å². The molecule has 10 heteroatoms. The Morgan fingerprint density at radius 1 is 1.16 bits per heavy atom. The summed E-state index contributed by atoms with van der Waals surface area (Å²) in [6.45, 7) is 5.02. The highest BCUT2D eigenvalue weighted by Gasteiger charge is 2.38. The molecular formula is C22H23N7OS2. The van der Waals surface area contributed by atoms with Gasteiger partial charge in [-0.3, -0.25) is 4.98 Å². The lowest BCUT2D eigenvalue weighted by Gasteiger charge is -2.09. The number of hydrogen-bond donors (Lipinski definition) is 1. The summed E-state index contributed by atoms with van der Waals surface area (Å²) in [4.78, 5) is 17.9. The molecule has 0 unspecified atom stereocenters. The van der Waals surface area contributed by atoms with Gasteiger partial charge in [0.05, 0.1) is 13.2 Å². The molecule has 164 valence electrons. The molecule has 0 amide bonds. The third kappa shape index (κ3) is 5.08. The molecule has 1 fully saturated rings. The van der Waals surface area contributed by atoms with Crippen molar-refractivity contribution < 1.29 is 4.74 Å². The van der Waals surface area contributed by atoms with Crippen molar-refractivity contribution in [2.24, 2.45) is 5.92 Å². The molecular weight excluding hydrogens is 442 g/mol. The van der Waals surface area contributed by atoms with Crippen LogP contribution < -0.4 is 10.1 Å². The van der Waals surface area contributed by atoms with E-state index in [2.05, 4.69) is 47.6 Å². The number of nitrogens with one attached hydrogen (secondary N) is 1.